The third-order valence-electron chi connectivity index (χ3n) is 4.14. The van der Waals surface area contributed by atoms with Crippen molar-refractivity contribution in [3.05, 3.63) is 18.2 Å². The molecule has 2 atom stereocenters. The number of amides is 2. The Morgan fingerprint density at radius 1 is 1.17 bits per heavy atom. The first-order valence-electron chi connectivity index (χ1n) is 8.08. The molecule has 0 heterocycles. The van der Waals surface area contributed by atoms with Crippen LogP contribution in [0.3, 0.4) is 0 Å². The summed E-state index contributed by atoms with van der Waals surface area (Å²) < 4.78 is 10.3. The molecule has 1 saturated carbocycles. The molecule has 0 saturated heterocycles. The standard InChI is InChI=1S/C17H25N3O4/c1-23-14-7-13(8-15(9-14)24-2)20-16(21)10-19-17(22)11-4-3-5-12(18)6-11/h7-9,11-12H,3-6,10,18H2,1-2H3,(H,19,22)(H,20,21). The van der Waals surface area contributed by atoms with Crippen LogP contribution >= 0.6 is 0 Å². The van der Waals surface area contributed by atoms with Gasteiger partial charge in [-0.15, -0.1) is 0 Å². The average molecular weight is 335 g/mol. The Hall–Kier alpha value is -2.28. The molecule has 132 valence electrons. The lowest BCUT2D eigenvalue weighted by atomic mass is 9.85. The van der Waals surface area contributed by atoms with E-state index < -0.39 is 0 Å². The van der Waals surface area contributed by atoms with Crippen molar-refractivity contribution in [2.24, 2.45) is 11.7 Å². The highest BCUT2D eigenvalue weighted by Crippen LogP contribution is 2.26. The van der Waals surface area contributed by atoms with E-state index in [1.807, 2.05) is 0 Å². The normalized spacial score (nSPS) is 20.1. The summed E-state index contributed by atoms with van der Waals surface area (Å²) in [6, 6.07) is 5.15. The predicted molar refractivity (Wildman–Crippen MR) is 91.1 cm³/mol. The maximum atomic E-state index is 12.1. The minimum atomic E-state index is -0.307. The summed E-state index contributed by atoms with van der Waals surface area (Å²) in [4.78, 5) is 24.1. The third kappa shape index (κ3) is 5.13. The molecule has 1 fully saturated rings. The molecule has 0 spiro atoms. The molecule has 2 rings (SSSR count). The van der Waals surface area contributed by atoms with E-state index in [4.69, 9.17) is 15.2 Å². The second kappa shape index (κ2) is 8.54. The minimum Gasteiger partial charge on any atom is -0.497 e. The summed E-state index contributed by atoms with van der Waals surface area (Å²) in [5, 5.41) is 5.40. The van der Waals surface area contributed by atoms with Gasteiger partial charge in [-0.25, -0.2) is 0 Å². The molecule has 2 amide bonds. The summed E-state index contributed by atoms with van der Waals surface area (Å²) in [6.07, 6.45) is 3.42. The molecule has 0 radical (unpaired) electrons. The highest BCUT2D eigenvalue weighted by atomic mass is 16.5. The van der Waals surface area contributed by atoms with E-state index >= 15 is 0 Å². The number of carbonyl (C=O) groups is 2. The summed E-state index contributed by atoms with van der Waals surface area (Å²) in [5.74, 6) is 0.635. The number of ether oxygens (including phenoxy) is 2. The van der Waals surface area contributed by atoms with Gasteiger partial charge in [-0.05, 0) is 19.3 Å². The van der Waals surface area contributed by atoms with Crippen molar-refractivity contribution in [3.63, 3.8) is 0 Å². The van der Waals surface area contributed by atoms with Crippen LogP contribution in [0.5, 0.6) is 11.5 Å². The summed E-state index contributed by atoms with van der Waals surface area (Å²) >= 11 is 0. The van der Waals surface area contributed by atoms with Gasteiger partial charge in [0.1, 0.15) is 11.5 Å². The van der Waals surface area contributed by atoms with E-state index in [1.54, 1.807) is 18.2 Å². The van der Waals surface area contributed by atoms with E-state index in [2.05, 4.69) is 10.6 Å². The zero-order valence-corrected chi connectivity index (χ0v) is 14.1. The molecular weight excluding hydrogens is 310 g/mol. The van der Waals surface area contributed by atoms with Crippen molar-refractivity contribution in [2.75, 3.05) is 26.1 Å². The number of carbonyl (C=O) groups excluding carboxylic acids is 2. The van der Waals surface area contributed by atoms with Gasteiger partial charge in [0.2, 0.25) is 11.8 Å². The van der Waals surface area contributed by atoms with E-state index in [0.29, 0.717) is 23.6 Å². The second-order valence-electron chi connectivity index (χ2n) is 5.99. The van der Waals surface area contributed by atoms with Gasteiger partial charge in [-0.3, -0.25) is 9.59 Å². The smallest absolute Gasteiger partial charge is 0.243 e. The Bertz CT molecular complexity index is 569. The van der Waals surface area contributed by atoms with E-state index in [9.17, 15) is 9.59 Å². The van der Waals surface area contributed by atoms with Gasteiger partial charge in [-0.1, -0.05) is 6.42 Å². The van der Waals surface area contributed by atoms with Crippen LogP contribution in [0.25, 0.3) is 0 Å². The number of rotatable bonds is 6. The predicted octanol–water partition coefficient (Wildman–Crippen LogP) is 1.28. The second-order valence-corrected chi connectivity index (χ2v) is 5.99. The van der Waals surface area contributed by atoms with Gasteiger partial charge in [-0.2, -0.15) is 0 Å². The van der Waals surface area contributed by atoms with Crippen LogP contribution in [-0.4, -0.2) is 38.6 Å². The third-order valence-corrected chi connectivity index (χ3v) is 4.14. The van der Waals surface area contributed by atoms with Gasteiger partial charge in [0.25, 0.3) is 0 Å². The molecule has 1 aromatic carbocycles. The molecule has 2 unspecified atom stereocenters. The minimum absolute atomic E-state index is 0.0765. The number of benzene rings is 1. The number of hydrogen-bond donors (Lipinski definition) is 3. The maximum absolute atomic E-state index is 12.1. The summed E-state index contributed by atoms with van der Waals surface area (Å²) in [6.45, 7) is -0.0793. The number of nitrogens with one attached hydrogen (secondary N) is 2. The lowest BCUT2D eigenvalue weighted by Gasteiger charge is -2.25. The van der Waals surface area contributed by atoms with Crippen LogP contribution in [-0.2, 0) is 9.59 Å². The molecule has 0 aromatic heterocycles. The van der Waals surface area contributed by atoms with Crippen LogP contribution in [0.2, 0.25) is 0 Å². The first kappa shape index (κ1) is 18.1. The summed E-state index contributed by atoms with van der Waals surface area (Å²) in [5.41, 5.74) is 6.44. The van der Waals surface area contributed by atoms with E-state index in [0.717, 1.165) is 19.3 Å². The molecule has 0 bridgehead atoms. The Balaban J connectivity index is 1.85. The molecule has 7 heteroatoms. The average Bonchev–Trinajstić information content (AvgIpc) is 2.59. The lowest BCUT2D eigenvalue weighted by molar-refractivity contribution is -0.128. The van der Waals surface area contributed by atoms with Crippen LogP contribution in [0, 0.1) is 5.92 Å². The topological polar surface area (TPSA) is 103 Å². The zero-order valence-electron chi connectivity index (χ0n) is 14.1. The summed E-state index contributed by atoms with van der Waals surface area (Å²) in [7, 11) is 3.07. The quantitative estimate of drug-likeness (QED) is 0.727. The van der Waals surface area contributed by atoms with E-state index in [1.165, 1.54) is 14.2 Å². The van der Waals surface area contributed by atoms with E-state index in [-0.39, 0.29) is 30.3 Å². The van der Waals surface area contributed by atoms with Gasteiger partial charge in [0.05, 0.1) is 20.8 Å². The molecule has 1 aromatic rings. The molecule has 1 aliphatic carbocycles. The lowest BCUT2D eigenvalue weighted by Crippen LogP contribution is -2.40. The van der Waals surface area contributed by atoms with Crippen LogP contribution in [0.1, 0.15) is 25.7 Å². The Kier molecular flexibility index (Phi) is 6.43. The SMILES string of the molecule is COc1cc(NC(=O)CNC(=O)C2CCCC(N)C2)cc(OC)c1. The van der Waals surface area contributed by atoms with Gasteiger partial charge >= 0.3 is 0 Å². The highest BCUT2D eigenvalue weighted by molar-refractivity contribution is 5.95. The van der Waals surface area contributed by atoms with Crippen molar-refractivity contribution in [1.29, 1.82) is 0 Å². The van der Waals surface area contributed by atoms with Crippen molar-refractivity contribution >= 4 is 17.5 Å². The molecule has 7 nitrogen and oxygen atoms in total. The largest absolute Gasteiger partial charge is 0.497 e. The van der Waals surface area contributed by atoms with Crippen molar-refractivity contribution in [2.45, 2.75) is 31.7 Å². The highest BCUT2D eigenvalue weighted by Gasteiger charge is 2.25. The fraction of sp³-hybridized carbons (Fsp3) is 0.529. The fourth-order valence-electron chi connectivity index (χ4n) is 2.86. The fourth-order valence-corrected chi connectivity index (χ4v) is 2.86. The molecule has 4 N–H and O–H groups in total. The first-order chi connectivity index (χ1) is 11.5. The van der Waals surface area contributed by atoms with Crippen LogP contribution in [0.4, 0.5) is 5.69 Å². The number of methoxy groups -OCH3 is 2. The Labute approximate surface area is 141 Å². The van der Waals surface area contributed by atoms with Crippen LogP contribution < -0.4 is 25.8 Å². The van der Waals surface area contributed by atoms with Gasteiger partial charge in [0, 0.05) is 35.8 Å². The van der Waals surface area contributed by atoms with Crippen molar-refractivity contribution < 1.29 is 19.1 Å². The van der Waals surface area contributed by atoms with Gasteiger partial charge in [0.15, 0.2) is 0 Å². The van der Waals surface area contributed by atoms with Crippen molar-refractivity contribution in [1.82, 2.24) is 5.32 Å². The zero-order chi connectivity index (χ0) is 17.5. The molecule has 24 heavy (non-hydrogen) atoms. The van der Waals surface area contributed by atoms with Gasteiger partial charge < -0.3 is 25.8 Å². The van der Waals surface area contributed by atoms with Crippen molar-refractivity contribution in [3.8, 4) is 11.5 Å². The number of anilines is 1. The first-order valence-corrected chi connectivity index (χ1v) is 8.08. The van der Waals surface area contributed by atoms with Crippen LogP contribution in [0.15, 0.2) is 18.2 Å². The molecule has 1 aliphatic rings. The molecule has 0 aliphatic heterocycles. The Morgan fingerprint density at radius 3 is 2.42 bits per heavy atom. The number of hydrogen-bond acceptors (Lipinski definition) is 5. The molecular formula is C17H25N3O4. The number of nitrogens with two attached hydrogens (primary N) is 1. The Morgan fingerprint density at radius 2 is 1.83 bits per heavy atom. The monoisotopic (exact) mass is 335 g/mol. The maximum Gasteiger partial charge on any atom is 0.243 e.